The first-order valence-corrected chi connectivity index (χ1v) is 6.53. The predicted octanol–water partition coefficient (Wildman–Crippen LogP) is 2.76. The number of hydrogen-bond donors (Lipinski definition) is 0. The average Bonchev–Trinajstić information content (AvgIpc) is 2.45. The van der Waals surface area contributed by atoms with Gasteiger partial charge < -0.3 is 13.9 Å². The molecule has 2 rings (SSSR count). The lowest BCUT2D eigenvalue weighted by atomic mass is 10.2. The van der Waals surface area contributed by atoms with E-state index in [0.717, 1.165) is 12.5 Å². The summed E-state index contributed by atoms with van der Waals surface area (Å²) >= 11 is 0. The molecule has 0 aliphatic rings. The molecule has 106 valence electrons. The Kier molecular flexibility index (Phi) is 4.40. The van der Waals surface area contributed by atoms with Crippen LogP contribution < -0.4 is 10.2 Å². The van der Waals surface area contributed by atoms with E-state index in [1.54, 1.807) is 25.1 Å². The number of rotatable bonds is 5. The van der Waals surface area contributed by atoms with Crippen molar-refractivity contribution in [1.82, 2.24) is 0 Å². The minimum atomic E-state index is -0.647. The summed E-state index contributed by atoms with van der Waals surface area (Å²) in [5, 5.41) is 0.405. The van der Waals surface area contributed by atoms with Gasteiger partial charge >= 0.3 is 5.97 Å². The Balaban J connectivity index is 2.44. The molecule has 0 aliphatic carbocycles. The van der Waals surface area contributed by atoms with Crippen molar-refractivity contribution >= 4 is 16.9 Å². The molecule has 20 heavy (non-hydrogen) atoms. The Morgan fingerprint density at radius 1 is 1.25 bits per heavy atom. The fraction of sp³-hybridized carbons (Fsp3) is 0.333. The molecule has 5 nitrogen and oxygen atoms in total. The third-order valence-electron chi connectivity index (χ3n) is 2.65. The van der Waals surface area contributed by atoms with Gasteiger partial charge in [0.1, 0.15) is 11.3 Å². The van der Waals surface area contributed by atoms with E-state index in [2.05, 4.69) is 0 Å². The fourth-order valence-corrected chi connectivity index (χ4v) is 1.75. The van der Waals surface area contributed by atoms with Crippen LogP contribution in [0.1, 0.15) is 30.8 Å². The zero-order chi connectivity index (χ0) is 14.5. The third kappa shape index (κ3) is 2.99. The van der Waals surface area contributed by atoms with Gasteiger partial charge in [0.25, 0.3) is 0 Å². The van der Waals surface area contributed by atoms with Crippen LogP contribution in [0.25, 0.3) is 11.0 Å². The molecule has 0 fully saturated rings. The summed E-state index contributed by atoms with van der Waals surface area (Å²) in [5.41, 5.74) is 0.0329. The molecule has 1 heterocycles. The Labute approximate surface area is 116 Å². The molecule has 0 N–H and O–H groups in total. The summed E-state index contributed by atoms with van der Waals surface area (Å²) < 4.78 is 15.7. The largest absolute Gasteiger partial charge is 0.493 e. The van der Waals surface area contributed by atoms with E-state index in [9.17, 15) is 9.59 Å². The average molecular weight is 276 g/mol. The summed E-state index contributed by atoms with van der Waals surface area (Å²) in [6.45, 7) is 4.49. The van der Waals surface area contributed by atoms with Crippen LogP contribution in [0.4, 0.5) is 0 Å². The molecule has 0 amide bonds. The highest BCUT2D eigenvalue weighted by molar-refractivity contribution is 5.89. The maximum atomic E-state index is 11.9. The molecule has 0 atom stereocenters. The van der Waals surface area contributed by atoms with Crippen molar-refractivity contribution in [1.29, 1.82) is 0 Å². The Bertz CT molecular complexity index is 672. The molecule has 0 aliphatic heterocycles. The Morgan fingerprint density at radius 2 is 2.05 bits per heavy atom. The van der Waals surface area contributed by atoms with Crippen LogP contribution in [-0.2, 0) is 4.74 Å². The Hall–Kier alpha value is -2.30. The number of ether oxygens (including phenoxy) is 2. The minimum Gasteiger partial charge on any atom is -0.493 e. The molecular weight excluding hydrogens is 260 g/mol. The highest BCUT2D eigenvalue weighted by Gasteiger charge is 2.13. The molecule has 1 aromatic carbocycles. The SMILES string of the molecule is CCCOc1ccc2c(=O)cc(C(=O)OCC)oc2c1. The zero-order valence-corrected chi connectivity index (χ0v) is 11.5. The summed E-state index contributed by atoms with van der Waals surface area (Å²) in [6, 6.07) is 6.09. The summed E-state index contributed by atoms with van der Waals surface area (Å²) in [6.07, 6.45) is 0.880. The van der Waals surface area contributed by atoms with Gasteiger partial charge in [0.05, 0.1) is 18.6 Å². The monoisotopic (exact) mass is 276 g/mol. The summed E-state index contributed by atoms with van der Waals surface area (Å²) in [7, 11) is 0. The number of esters is 1. The second-order valence-corrected chi connectivity index (χ2v) is 4.20. The van der Waals surface area contributed by atoms with Crippen LogP contribution in [-0.4, -0.2) is 19.2 Å². The molecule has 1 aromatic heterocycles. The van der Waals surface area contributed by atoms with Crippen LogP contribution >= 0.6 is 0 Å². The number of fused-ring (bicyclic) bond motifs is 1. The summed E-state index contributed by atoms with van der Waals surface area (Å²) in [5.74, 6) is -0.146. The lowest BCUT2D eigenvalue weighted by Crippen LogP contribution is -2.10. The predicted molar refractivity (Wildman–Crippen MR) is 74.2 cm³/mol. The molecule has 0 bridgehead atoms. The van der Waals surface area contributed by atoms with Crippen LogP contribution in [0, 0.1) is 0 Å². The molecule has 2 aromatic rings. The number of carbonyl (C=O) groups excluding carboxylic acids is 1. The summed E-state index contributed by atoms with van der Waals surface area (Å²) in [4.78, 5) is 23.5. The lowest BCUT2D eigenvalue weighted by molar-refractivity contribution is 0.0490. The van der Waals surface area contributed by atoms with Crippen molar-refractivity contribution in [2.75, 3.05) is 13.2 Å². The molecule has 0 radical (unpaired) electrons. The number of carbonyl (C=O) groups is 1. The first-order chi connectivity index (χ1) is 9.65. The van der Waals surface area contributed by atoms with Gasteiger partial charge in [-0.1, -0.05) is 6.92 Å². The highest BCUT2D eigenvalue weighted by Crippen LogP contribution is 2.20. The fourth-order valence-electron chi connectivity index (χ4n) is 1.75. The van der Waals surface area contributed by atoms with Crippen molar-refractivity contribution in [2.45, 2.75) is 20.3 Å². The van der Waals surface area contributed by atoms with Crippen molar-refractivity contribution in [3.8, 4) is 5.75 Å². The van der Waals surface area contributed by atoms with Gasteiger partial charge in [-0.15, -0.1) is 0 Å². The molecule has 5 heteroatoms. The molecule has 0 unspecified atom stereocenters. The van der Waals surface area contributed by atoms with E-state index < -0.39 is 5.97 Å². The van der Waals surface area contributed by atoms with E-state index >= 15 is 0 Å². The Morgan fingerprint density at radius 3 is 2.75 bits per heavy atom. The van der Waals surface area contributed by atoms with E-state index in [1.165, 1.54) is 0 Å². The van der Waals surface area contributed by atoms with Crippen molar-refractivity contribution in [3.63, 3.8) is 0 Å². The lowest BCUT2D eigenvalue weighted by Gasteiger charge is -2.06. The smallest absolute Gasteiger partial charge is 0.374 e. The van der Waals surface area contributed by atoms with Crippen molar-refractivity contribution < 1.29 is 18.7 Å². The minimum absolute atomic E-state index is 0.100. The molecule has 0 saturated heterocycles. The maximum absolute atomic E-state index is 11.9. The van der Waals surface area contributed by atoms with Crippen LogP contribution in [0.5, 0.6) is 5.75 Å². The third-order valence-corrected chi connectivity index (χ3v) is 2.65. The van der Waals surface area contributed by atoms with Gasteiger partial charge in [-0.2, -0.15) is 0 Å². The number of hydrogen-bond acceptors (Lipinski definition) is 5. The van der Waals surface area contributed by atoms with Gasteiger partial charge in [-0.3, -0.25) is 4.79 Å². The van der Waals surface area contributed by atoms with Gasteiger partial charge in [0.15, 0.2) is 5.43 Å². The van der Waals surface area contributed by atoms with Gasteiger partial charge in [0, 0.05) is 12.1 Å². The zero-order valence-electron chi connectivity index (χ0n) is 11.5. The van der Waals surface area contributed by atoms with Gasteiger partial charge in [-0.25, -0.2) is 4.79 Å². The molecule has 0 spiro atoms. The standard InChI is InChI=1S/C15H16O5/c1-3-7-19-10-5-6-11-12(16)9-14(15(17)18-4-2)20-13(11)8-10/h5-6,8-9H,3-4,7H2,1-2H3. The van der Waals surface area contributed by atoms with Crippen LogP contribution in [0.2, 0.25) is 0 Å². The quantitative estimate of drug-likeness (QED) is 0.785. The first kappa shape index (κ1) is 14.1. The van der Waals surface area contributed by atoms with E-state index in [4.69, 9.17) is 13.9 Å². The van der Waals surface area contributed by atoms with Crippen LogP contribution in [0.3, 0.4) is 0 Å². The maximum Gasteiger partial charge on any atom is 0.374 e. The number of benzene rings is 1. The second kappa shape index (κ2) is 6.23. The van der Waals surface area contributed by atoms with Crippen molar-refractivity contribution in [2.24, 2.45) is 0 Å². The van der Waals surface area contributed by atoms with E-state index in [1.807, 2.05) is 6.92 Å². The molecule has 0 saturated carbocycles. The molecular formula is C15H16O5. The van der Waals surface area contributed by atoms with E-state index in [-0.39, 0.29) is 17.8 Å². The second-order valence-electron chi connectivity index (χ2n) is 4.20. The van der Waals surface area contributed by atoms with E-state index in [0.29, 0.717) is 23.3 Å². The van der Waals surface area contributed by atoms with Crippen molar-refractivity contribution in [3.05, 3.63) is 40.2 Å². The highest BCUT2D eigenvalue weighted by atomic mass is 16.5. The van der Waals surface area contributed by atoms with Gasteiger partial charge in [-0.05, 0) is 25.5 Å². The topological polar surface area (TPSA) is 65.7 Å². The van der Waals surface area contributed by atoms with Crippen LogP contribution in [0.15, 0.2) is 33.5 Å². The first-order valence-electron chi connectivity index (χ1n) is 6.53. The normalized spacial score (nSPS) is 10.5. The van der Waals surface area contributed by atoms with Gasteiger partial charge in [0.2, 0.25) is 5.76 Å².